The fourth-order valence-corrected chi connectivity index (χ4v) is 2.95. The van der Waals surface area contributed by atoms with Crippen molar-refractivity contribution in [2.75, 3.05) is 12.4 Å². The van der Waals surface area contributed by atoms with Gasteiger partial charge in [0.2, 0.25) is 0 Å². The van der Waals surface area contributed by atoms with Crippen LogP contribution in [0.5, 0.6) is 5.75 Å². The van der Waals surface area contributed by atoms with Crippen LogP contribution >= 0.6 is 0 Å². The summed E-state index contributed by atoms with van der Waals surface area (Å²) < 4.78 is 5.36. The van der Waals surface area contributed by atoms with Crippen molar-refractivity contribution in [1.82, 2.24) is 20.2 Å². The summed E-state index contributed by atoms with van der Waals surface area (Å²) in [4.78, 5) is 9.13. The van der Waals surface area contributed by atoms with E-state index in [-0.39, 0.29) is 5.82 Å². The second-order valence-corrected chi connectivity index (χ2v) is 6.15. The molecule has 7 nitrogen and oxygen atoms in total. The van der Waals surface area contributed by atoms with Gasteiger partial charge in [-0.1, -0.05) is 30.3 Å². The summed E-state index contributed by atoms with van der Waals surface area (Å²) in [5, 5.41) is 22.0. The number of benzene rings is 2. The summed E-state index contributed by atoms with van der Waals surface area (Å²) in [7, 11) is 1.57. The van der Waals surface area contributed by atoms with Crippen molar-refractivity contribution in [3.8, 4) is 5.75 Å². The van der Waals surface area contributed by atoms with E-state index in [4.69, 9.17) is 4.74 Å². The van der Waals surface area contributed by atoms with E-state index in [2.05, 4.69) is 25.5 Å². The van der Waals surface area contributed by atoms with E-state index in [0.29, 0.717) is 22.9 Å². The number of aromatic nitrogens is 4. The molecule has 2 aromatic carbocycles. The van der Waals surface area contributed by atoms with Gasteiger partial charge >= 0.3 is 0 Å². The highest BCUT2D eigenvalue weighted by Gasteiger charge is 2.20. The first-order valence-electron chi connectivity index (χ1n) is 8.52. The molecule has 0 unspecified atom stereocenters. The molecule has 2 heterocycles. The molecular weight excluding hydrogens is 342 g/mol. The van der Waals surface area contributed by atoms with Crippen LogP contribution in [0.3, 0.4) is 0 Å². The molecular formula is C20H19N5O2. The number of para-hydroxylation sites is 2. The lowest BCUT2D eigenvalue weighted by molar-refractivity contribution is 0.205. The molecule has 7 heteroatoms. The Balaban J connectivity index is 1.81. The minimum Gasteiger partial charge on any atom is -0.496 e. The largest absolute Gasteiger partial charge is 0.496 e. The van der Waals surface area contributed by atoms with Crippen LogP contribution in [-0.2, 0) is 0 Å². The Morgan fingerprint density at radius 1 is 1.07 bits per heavy atom. The van der Waals surface area contributed by atoms with Crippen molar-refractivity contribution < 1.29 is 9.84 Å². The predicted molar refractivity (Wildman–Crippen MR) is 103 cm³/mol. The van der Waals surface area contributed by atoms with Crippen molar-refractivity contribution >= 4 is 22.5 Å². The van der Waals surface area contributed by atoms with Gasteiger partial charge in [-0.2, -0.15) is 5.10 Å². The minimum atomic E-state index is -1.02. The molecule has 4 aromatic rings. The zero-order valence-electron chi connectivity index (χ0n) is 15.0. The highest BCUT2D eigenvalue weighted by molar-refractivity contribution is 5.90. The number of aliphatic hydroxyl groups is 1. The van der Waals surface area contributed by atoms with Crippen molar-refractivity contribution in [2.45, 2.75) is 13.0 Å². The minimum absolute atomic E-state index is 0.285. The number of hydrogen-bond donors (Lipinski definition) is 3. The van der Waals surface area contributed by atoms with Gasteiger partial charge in [-0.15, -0.1) is 0 Å². The van der Waals surface area contributed by atoms with Gasteiger partial charge in [-0.25, -0.2) is 9.97 Å². The van der Waals surface area contributed by atoms with Crippen LogP contribution in [0.4, 0.5) is 11.6 Å². The van der Waals surface area contributed by atoms with Crippen molar-refractivity contribution in [2.24, 2.45) is 0 Å². The van der Waals surface area contributed by atoms with Gasteiger partial charge in [-0.05, 0) is 25.1 Å². The molecule has 27 heavy (non-hydrogen) atoms. The van der Waals surface area contributed by atoms with E-state index in [1.54, 1.807) is 19.2 Å². The molecule has 136 valence electrons. The monoisotopic (exact) mass is 361 g/mol. The number of nitrogens with one attached hydrogen (secondary N) is 2. The standard InChI is InChI=1S/C20H19N5O2/c1-12-11-17(25-24-12)22-19-13-7-3-5-9-15(13)21-20(23-19)18(26)14-8-4-6-10-16(14)27-2/h3-11,18,26H,1-2H3,(H2,21,22,23,24,25)/t18-/m0/s1. The number of aromatic amines is 1. The molecule has 0 fully saturated rings. The second-order valence-electron chi connectivity index (χ2n) is 6.15. The third-order valence-electron chi connectivity index (χ3n) is 4.25. The molecule has 0 radical (unpaired) electrons. The predicted octanol–water partition coefficient (Wildman–Crippen LogP) is 3.50. The number of anilines is 2. The molecule has 0 saturated carbocycles. The number of aliphatic hydroxyl groups excluding tert-OH is 1. The van der Waals surface area contributed by atoms with E-state index in [0.717, 1.165) is 16.6 Å². The Morgan fingerprint density at radius 3 is 2.63 bits per heavy atom. The molecule has 0 saturated heterocycles. The highest BCUT2D eigenvalue weighted by atomic mass is 16.5. The Hall–Kier alpha value is -3.45. The quantitative estimate of drug-likeness (QED) is 0.503. The number of fused-ring (bicyclic) bond motifs is 1. The fraction of sp³-hybridized carbons (Fsp3) is 0.150. The second kappa shape index (κ2) is 7.05. The Kier molecular flexibility index (Phi) is 4.43. The average Bonchev–Trinajstić information content (AvgIpc) is 3.12. The Labute approximate surface area is 156 Å². The molecule has 2 aromatic heterocycles. The fourth-order valence-electron chi connectivity index (χ4n) is 2.95. The topological polar surface area (TPSA) is 96.0 Å². The van der Waals surface area contributed by atoms with Gasteiger partial charge in [0.1, 0.15) is 17.7 Å². The van der Waals surface area contributed by atoms with Crippen LogP contribution in [0.1, 0.15) is 23.2 Å². The first-order chi connectivity index (χ1) is 13.2. The van der Waals surface area contributed by atoms with Gasteiger partial charge < -0.3 is 15.2 Å². The van der Waals surface area contributed by atoms with E-state index < -0.39 is 6.10 Å². The molecule has 0 bridgehead atoms. The highest BCUT2D eigenvalue weighted by Crippen LogP contribution is 2.31. The normalized spacial score (nSPS) is 12.1. The molecule has 0 spiro atoms. The zero-order valence-corrected chi connectivity index (χ0v) is 15.0. The van der Waals surface area contributed by atoms with Crippen LogP contribution in [0.15, 0.2) is 54.6 Å². The van der Waals surface area contributed by atoms with Gasteiger partial charge in [0.05, 0.1) is 12.6 Å². The van der Waals surface area contributed by atoms with Crippen LogP contribution in [0.2, 0.25) is 0 Å². The Morgan fingerprint density at radius 2 is 1.85 bits per heavy atom. The van der Waals surface area contributed by atoms with Crippen LogP contribution in [-0.4, -0.2) is 32.4 Å². The SMILES string of the molecule is COc1ccccc1[C@H](O)c1nc(Nc2cc(C)[nH]n2)c2ccccc2n1. The summed E-state index contributed by atoms with van der Waals surface area (Å²) in [5.74, 6) is 2.09. The first kappa shape index (κ1) is 17.0. The third-order valence-corrected chi connectivity index (χ3v) is 4.25. The lowest BCUT2D eigenvalue weighted by atomic mass is 10.1. The summed E-state index contributed by atoms with van der Waals surface area (Å²) in [5.41, 5.74) is 2.27. The summed E-state index contributed by atoms with van der Waals surface area (Å²) in [6.45, 7) is 1.92. The molecule has 1 atom stereocenters. The molecule has 4 rings (SSSR count). The van der Waals surface area contributed by atoms with E-state index >= 15 is 0 Å². The van der Waals surface area contributed by atoms with E-state index in [9.17, 15) is 5.11 Å². The number of aryl methyl sites for hydroxylation is 1. The van der Waals surface area contributed by atoms with Gasteiger partial charge in [0.25, 0.3) is 0 Å². The maximum atomic E-state index is 10.9. The van der Waals surface area contributed by atoms with Crippen LogP contribution in [0, 0.1) is 6.92 Å². The average molecular weight is 361 g/mol. The molecule has 0 aliphatic rings. The summed E-state index contributed by atoms with van der Waals surface area (Å²) in [6, 6.07) is 16.8. The summed E-state index contributed by atoms with van der Waals surface area (Å²) in [6.07, 6.45) is -1.02. The third kappa shape index (κ3) is 3.32. The Bertz CT molecular complexity index is 1090. The number of H-pyrrole nitrogens is 1. The van der Waals surface area contributed by atoms with Crippen molar-refractivity contribution in [3.05, 3.63) is 71.7 Å². The number of rotatable bonds is 5. The smallest absolute Gasteiger partial charge is 0.164 e. The summed E-state index contributed by atoms with van der Waals surface area (Å²) >= 11 is 0. The van der Waals surface area contributed by atoms with Crippen molar-refractivity contribution in [3.63, 3.8) is 0 Å². The van der Waals surface area contributed by atoms with E-state index in [1.165, 1.54) is 0 Å². The molecule has 0 aliphatic carbocycles. The van der Waals surface area contributed by atoms with Gasteiger partial charge in [-0.3, -0.25) is 5.10 Å². The molecule has 0 amide bonds. The number of nitrogens with zero attached hydrogens (tertiary/aromatic N) is 3. The maximum Gasteiger partial charge on any atom is 0.164 e. The number of ether oxygens (including phenoxy) is 1. The zero-order chi connectivity index (χ0) is 18.8. The maximum absolute atomic E-state index is 10.9. The van der Waals surface area contributed by atoms with Crippen LogP contribution in [0.25, 0.3) is 10.9 Å². The van der Waals surface area contributed by atoms with E-state index in [1.807, 2.05) is 49.4 Å². The lowest BCUT2D eigenvalue weighted by Crippen LogP contribution is -2.09. The lowest BCUT2D eigenvalue weighted by Gasteiger charge is -2.15. The number of hydrogen-bond acceptors (Lipinski definition) is 6. The van der Waals surface area contributed by atoms with Gasteiger partial charge in [0, 0.05) is 22.7 Å². The molecule has 0 aliphatic heterocycles. The van der Waals surface area contributed by atoms with Crippen LogP contribution < -0.4 is 10.1 Å². The van der Waals surface area contributed by atoms with Crippen molar-refractivity contribution in [1.29, 1.82) is 0 Å². The van der Waals surface area contributed by atoms with Gasteiger partial charge in [0.15, 0.2) is 11.6 Å². The number of methoxy groups -OCH3 is 1. The first-order valence-corrected chi connectivity index (χ1v) is 8.52. The molecule has 3 N–H and O–H groups in total.